The number of carbonyl (C=O) groups is 4. The maximum absolute atomic E-state index is 14.3. The number of halogens is 9. The minimum atomic E-state index is -1.23. The van der Waals surface area contributed by atoms with E-state index in [9.17, 15) is 80.2 Å². The summed E-state index contributed by atoms with van der Waals surface area (Å²) in [6.45, 7) is 7.43. The molecule has 3 atom stereocenters. The first kappa shape index (κ1) is 107. The Bertz CT molecular complexity index is 6160. The molecule has 0 spiro atoms. The van der Waals surface area contributed by atoms with Gasteiger partial charge in [-0.1, -0.05) is 36.4 Å². The van der Waals surface area contributed by atoms with Crippen molar-refractivity contribution in [1.82, 2.24) is 47.5 Å². The molecule has 2 saturated heterocycles. The van der Waals surface area contributed by atoms with Crippen LogP contribution in [0.5, 0.6) is 11.5 Å². The van der Waals surface area contributed by atoms with Crippen molar-refractivity contribution in [3.8, 4) is 11.5 Å². The molecular formula is C79H84B2ClF4I4N15O23. The number of nitrogens with one attached hydrogen (secondary N) is 6. The van der Waals surface area contributed by atoms with E-state index >= 15 is 0 Å². The van der Waals surface area contributed by atoms with E-state index in [4.69, 9.17) is 56.0 Å². The second-order valence-corrected chi connectivity index (χ2v) is 32.8. The lowest BCUT2D eigenvalue weighted by Crippen LogP contribution is -2.44. The second kappa shape index (κ2) is 49.5. The average Bonchev–Trinajstić information content (AvgIpc) is 0.838. The third-order valence-corrected chi connectivity index (χ3v) is 20.1. The molecule has 0 bridgehead atoms. The van der Waals surface area contributed by atoms with Crippen molar-refractivity contribution in [2.45, 2.75) is 57.6 Å². The van der Waals surface area contributed by atoms with E-state index in [0.29, 0.717) is 34.2 Å². The third-order valence-electron chi connectivity index (χ3n) is 17.3. The smallest absolute Gasteiger partial charge is 0.409 e. The molecule has 6 heterocycles. The molecule has 128 heavy (non-hydrogen) atoms. The van der Waals surface area contributed by atoms with Gasteiger partial charge in [-0.3, -0.25) is 75.0 Å². The predicted octanol–water partition coefficient (Wildman–Crippen LogP) is 7.02. The highest BCUT2D eigenvalue weighted by molar-refractivity contribution is 14.1. The van der Waals surface area contributed by atoms with Gasteiger partial charge in [0.15, 0.2) is 17.1 Å². The van der Waals surface area contributed by atoms with Gasteiger partial charge < -0.3 is 64.7 Å². The third kappa shape index (κ3) is 30.2. The average molecular weight is 2250 g/mol. The van der Waals surface area contributed by atoms with Gasteiger partial charge in [0.05, 0.1) is 49.2 Å². The molecule has 2 fully saturated rings. The summed E-state index contributed by atoms with van der Waals surface area (Å²) in [7, 11) is 18.6. The lowest BCUT2D eigenvalue weighted by atomic mass is 9.81. The fourth-order valence-electron chi connectivity index (χ4n) is 10.9. The van der Waals surface area contributed by atoms with Gasteiger partial charge in [-0.05, 0) is 215 Å². The Morgan fingerprint density at radius 2 is 0.820 bits per heavy atom. The number of esters is 1. The molecule has 2 unspecified atom stereocenters. The summed E-state index contributed by atoms with van der Waals surface area (Å²) in [5.41, 5.74) is -3.47. The second-order valence-electron chi connectivity index (χ2n) is 27.5. The molecule has 49 heteroatoms. The summed E-state index contributed by atoms with van der Waals surface area (Å²) in [6, 6.07) is 35.7. The van der Waals surface area contributed by atoms with Gasteiger partial charge >= 0.3 is 34.2 Å². The molecule has 38 nitrogen and oxygen atoms in total. The molecule has 10 aromatic rings. The number of benzene rings is 6. The van der Waals surface area contributed by atoms with Crippen molar-refractivity contribution < 1.29 is 89.9 Å². The van der Waals surface area contributed by atoms with E-state index in [2.05, 4.69) is 51.8 Å². The minimum absolute atomic E-state index is 0.00243. The van der Waals surface area contributed by atoms with Gasteiger partial charge in [0.25, 0.3) is 34.1 Å². The van der Waals surface area contributed by atoms with Crippen LogP contribution in [0, 0.1) is 37.5 Å². The maximum Gasteiger partial charge on any atom is 0.409 e. The van der Waals surface area contributed by atoms with Crippen molar-refractivity contribution in [1.29, 1.82) is 0 Å². The van der Waals surface area contributed by atoms with Gasteiger partial charge in [-0.2, -0.15) is 0 Å². The molecule has 2 aliphatic rings. The number of aromatic nitrogens is 8. The monoisotopic (exact) mass is 2250 g/mol. The Labute approximate surface area is 787 Å². The highest BCUT2D eigenvalue weighted by Gasteiger charge is 2.35. The molecule has 6 aromatic carbocycles. The molecule has 0 saturated carbocycles. The fraction of sp³-hybridized carbons (Fsp3) is 0.291. The molecule has 12 rings (SSSR count). The number of anilines is 8. The molecule has 682 valence electrons. The molecular weight excluding hydrogens is 2170 g/mol. The van der Waals surface area contributed by atoms with Gasteiger partial charge in [-0.15, -0.1) is 0 Å². The molecule has 4 aromatic heterocycles. The summed E-state index contributed by atoms with van der Waals surface area (Å²) in [5.74, 6) is -1.16. The number of aliphatic hydroxyl groups excluding tert-OH is 2. The van der Waals surface area contributed by atoms with Crippen molar-refractivity contribution in [3.05, 3.63) is 277 Å². The zero-order valence-electron chi connectivity index (χ0n) is 69.9. The molecule has 4 radical (unpaired) electrons. The number of rotatable bonds is 22. The highest BCUT2D eigenvalue weighted by atomic mass is 127. The number of ether oxygens (including phenoxy) is 6. The zero-order valence-corrected chi connectivity index (χ0v) is 79.3. The quantitative estimate of drug-likeness (QED) is 0.00625. The lowest BCUT2D eigenvalue weighted by molar-refractivity contribution is -0.147. The number of aliphatic hydroxyl groups is 2. The van der Waals surface area contributed by atoms with Gasteiger partial charge in [0.1, 0.15) is 101 Å². The summed E-state index contributed by atoms with van der Waals surface area (Å²) in [5, 5.41) is 28.7. The summed E-state index contributed by atoms with van der Waals surface area (Å²) < 4.78 is 98.2. The van der Waals surface area contributed by atoms with Crippen LogP contribution in [0.3, 0.4) is 0 Å². The molecule has 2 amide bonds. The Hall–Kier alpha value is -10.2. The van der Waals surface area contributed by atoms with Crippen LogP contribution in [0.25, 0.3) is 0 Å². The van der Waals surface area contributed by atoms with Gasteiger partial charge in [-0.25, -0.2) is 63.2 Å². The predicted molar refractivity (Wildman–Crippen MR) is 498 cm³/mol. The van der Waals surface area contributed by atoms with E-state index in [0.717, 1.165) is 31.0 Å². The van der Waals surface area contributed by atoms with Crippen molar-refractivity contribution in [3.63, 3.8) is 0 Å². The number of para-hydroxylation sites is 2. The number of amides is 2. The first-order valence-electron chi connectivity index (χ1n) is 37.0. The molecule has 0 aliphatic carbocycles. The Kier molecular flexibility index (Phi) is 41.2. The number of carbonyl (C=O) groups excluding carboxylic acids is 4. The topological polar surface area (TPSA) is 466 Å². The lowest BCUT2D eigenvalue weighted by Gasteiger charge is -2.18. The summed E-state index contributed by atoms with van der Waals surface area (Å²) in [4.78, 5) is 160. The fourth-order valence-corrected chi connectivity index (χ4v) is 12.8. The first-order valence-corrected chi connectivity index (χ1v) is 41.6. The van der Waals surface area contributed by atoms with Crippen LogP contribution >= 0.6 is 102 Å². The summed E-state index contributed by atoms with van der Waals surface area (Å²) in [6.07, 6.45) is -1.65. The normalized spacial score (nSPS) is 13.9. The zero-order chi connectivity index (χ0) is 95.5. The van der Waals surface area contributed by atoms with Crippen LogP contribution in [0.4, 0.5) is 68.4 Å². The van der Waals surface area contributed by atoms with Crippen LogP contribution in [0.2, 0.25) is 0 Å². The largest absolute Gasteiger partial charge is 0.423 e. The highest BCUT2D eigenvalue weighted by Crippen LogP contribution is 2.29. The first-order chi connectivity index (χ1) is 60.3. The number of nitrogens with zero attached hydrogens (tertiary/aromatic N) is 8. The molecule has 10 N–H and O–H groups in total. The SMILES string of the molecule is CC1(C)OCC(CON)O1.Cn1c(Nc2ccc(I)cc2F)c(C(=O)NOCC2COC(C)(C)O2)c(=O)n(C)c1=O.Cn1c(Nc2ccc(I)cc2F)c(C(=O)NOC[C@H](O)CO)c(=O)n(C)c1=O.Cn1c(Nc2ccc(I)cc2F)c(C(=O)Oc2ccccc2)c(=O)n(C)c1=O.Cn1c(Nc2ccc(I)cc2F)cc(=O)n(C)c1=O.O=C(Cl)Oc1ccccc1.[B][B]. The number of hydrogen-bond acceptors (Lipinski definition) is 28. The van der Waals surface area contributed by atoms with Gasteiger partial charge in [0, 0.05) is 104 Å². The van der Waals surface area contributed by atoms with Crippen molar-refractivity contribution in [2.24, 2.45) is 62.3 Å². The van der Waals surface area contributed by atoms with E-state index in [1.165, 1.54) is 109 Å². The van der Waals surface area contributed by atoms with Crippen molar-refractivity contribution in [2.75, 3.05) is 60.9 Å². The molecule has 2 aliphatic heterocycles. The van der Waals surface area contributed by atoms with E-state index < -0.39 is 145 Å². The number of hydroxylamine groups is 2. The van der Waals surface area contributed by atoms with E-state index in [-0.39, 0.29) is 71.1 Å². The minimum Gasteiger partial charge on any atom is -0.423 e. The van der Waals surface area contributed by atoms with Crippen molar-refractivity contribution >= 4 is 187 Å². The summed E-state index contributed by atoms with van der Waals surface area (Å²) >= 11 is 12.8. The Balaban J connectivity index is 0.000000245. The van der Waals surface area contributed by atoms with Crippen LogP contribution < -0.4 is 92.6 Å². The number of nitrogens with two attached hydrogens (primary N) is 1. The Morgan fingerprint density at radius 1 is 0.484 bits per heavy atom. The van der Waals surface area contributed by atoms with Gasteiger partial charge in [0.2, 0.25) is 0 Å². The van der Waals surface area contributed by atoms with E-state index in [1.54, 1.807) is 98.8 Å². The van der Waals surface area contributed by atoms with Crippen LogP contribution in [-0.4, -0.2) is 155 Å². The van der Waals surface area contributed by atoms with Crippen LogP contribution in [-0.2, 0) is 89.8 Å². The standard InChI is InChI=1S/C19H22FIN4O6.C19H15FIN3O4.C16H18FIN4O6.C12H11FIN3O2.C7H5ClO2.C6H13NO3.B2/c1-19(2)29-8-11(31-19)9-30-23-16(26)14-15(24(3)18(28)25(4)17(14)27)22-13-6-5-10(21)7-12(13)20;1-23-16(22-14-9-8-11(21)10-13(14)20)15(17(25)24(2)19(23)27)18(26)28-12-6-4-3-5-7-12;1-21-13(19-11-4-3-8(18)5-10(11)17)12(15(26)22(2)16(21)27)14(25)20-28-7-9(24)6-23;1-16-10(6-11(18)17(2)12(16)19)15-9-4-3-7(14)5-8(9)13;8-7(9)10-6-4-2-1-3-5-6;1-6(2)8-3-5(10-6)4-9-7;1-2/h5-7,11,22H,8-9H2,1-4H3,(H,23,26);3-10,22H,1-2H3;3-5,9,19,23-24H,6-7H2,1-2H3,(H,20,25);3-6,15H,1-2H3;1-5H;5H,3-4,7H2,1-2H3;/t;;9-;;;;/m..1..../s1. The van der Waals surface area contributed by atoms with Crippen LogP contribution in [0.15, 0.2) is 178 Å². The van der Waals surface area contributed by atoms with Crippen LogP contribution in [0.1, 0.15) is 58.8 Å². The van der Waals surface area contributed by atoms with E-state index in [1.807, 2.05) is 116 Å². The maximum atomic E-state index is 14.3. The Morgan fingerprint density at radius 3 is 1.16 bits per heavy atom. The number of hydrogen-bond donors (Lipinski definition) is 9.